The molecule has 9 aromatic rings. The molecule has 0 radical (unpaired) electrons. The number of nitrogens with zero attached hydrogens (tertiary/aromatic N) is 3. The second-order valence-electron chi connectivity index (χ2n) is 18.8. The summed E-state index contributed by atoms with van der Waals surface area (Å²) >= 11 is 0. The van der Waals surface area contributed by atoms with Gasteiger partial charge in [0.1, 0.15) is 0 Å². The van der Waals surface area contributed by atoms with E-state index in [1.165, 1.54) is 107 Å². The molecule has 3 heterocycles. The molecule has 0 amide bonds. The highest BCUT2D eigenvalue weighted by Gasteiger charge is 2.41. The average molecular weight is 882 g/mol. The van der Waals surface area contributed by atoms with Gasteiger partial charge in [0, 0.05) is 40.2 Å². The third-order valence-corrected chi connectivity index (χ3v) is 15.0. The zero-order chi connectivity index (χ0) is 45.4. The molecule has 0 N–H and O–H groups in total. The van der Waals surface area contributed by atoms with Crippen LogP contribution in [0.3, 0.4) is 0 Å². The summed E-state index contributed by atoms with van der Waals surface area (Å²) < 4.78 is 0. The lowest BCUT2D eigenvalue weighted by Crippen LogP contribution is -2.30. The molecule has 14 rings (SSSR count). The van der Waals surface area contributed by atoms with E-state index in [2.05, 4.69) is 270 Å². The van der Waals surface area contributed by atoms with Gasteiger partial charge in [0.15, 0.2) is 0 Å². The van der Waals surface area contributed by atoms with Gasteiger partial charge in [-0.15, -0.1) is 0 Å². The van der Waals surface area contributed by atoms with Crippen molar-refractivity contribution in [3.8, 4) is 44.5 Å². The van der Waals surface area contributed by atoms with E-state index in [4.69, 9.17) is 0 Å². The Morgan fingerprint density at radius 3 is 1.65 bits per heavy atom. The number of para-hydroxylation sites is 4. The van der Waals surface area contributed by atoms with Crippen molar-refractivity contribution in [2.75, 3.05) is 14.7 Å². The Kier molecular flexibility index (Phi) is 9.16. The molecule has 326 valence electrons. The minimum absolute atomic E-state index is 0.149. The van der Waals surface area contributed by atoms with Crippen LogP contribution in [-0.2, 0) is 0 Å². The minimum atomic E-state index is 0.149. The summed E-state index contributed by atoms with van der Waals surface area (Å²) in [5.41, 5.74) is 24.9. The number of hydrogen-bond donors (Lipinski definition) is 0. The molecule has 0 saturated carbocycles. The Hall–Kier alpha value is -8.66. The van der Waals surface area contributed by atoms with E-state index in [0.29, 0.717) is 0 Å². The topological polar surface area (TPSA) is 9.72 Å². The van der Waals surface area contributed by atoms with Gasteiger partial charge in [-0.2, -0.15) is 0 Å². The van der Waals surface area contributed by atoms with Gasteiger partial charge in [0.2, 0.25) is 0 Å². The molecular weight excluding hydrogens is 835 g/mol. The predicted octanol–water partition coefficient (Wildman–Crippen LogP) is 17.4. The maximum atomic E-state index is 2.59. The molecule has 69 heavy (non-hydrogen) atoms. The van der Waals surface area contributed by atoms with Crippen LogP contribution in [0, 0.1) is 5.92 Å². The quantitative estimate of drug-likeness (QED) is 0.165. The molecule has 0 spiro atoms. The Morgan fingerprint density at radius 1 is 0.377 bits per heavy atom. The van der Waals surface area contributed by atoms with Crippen LogP contribution in [-0.4, -0.2) is 6.04 Å². The van der Waals surface area contributed by atoms with Crippen molar-refractivity contribution in [2.45, 2.75) is 18.4 Å². The summed E-state index contributed by atoms with van der Waals surface area (Å²) in [5.74, 6) is 0.415. The fraction of sp³-hybridized carbons (Fsp3) is 0.0606. The molecule has 0 bridgehead atoms. The van der Waals surface area contributed by atoms with Gasteiger partial charge >= 0.3 is 0 Å². The first kappa shape index (κ1) is 39.5. The first-order valence-corrected chi connectivity index (χ1v) is 24.3. The molecule has 3 aliphatic heterocycles. The van der Waals surface area contributed by atoms with Crippen molar-refractivity contribution in [1.29, 1.82) is 0 Å². The summed E-state index contributed by atoms with van der Waals surface area (Å²) in [6.07, 6.45) is 13.3. The monoisotopic (exact) mass is 881 g/mol. The maximum Gasteiger partial charge on any atom is 0.0782 e. The molecule has 3 nitrogen and oxygen atoms in total. The smallest absolute Gasteiger partial charge is 0.0782 e. The average Bonchev–Trinajstić information content (AvgIpc) is 3.70. The largest absolute Gasteiger partial charge is 0.333 e. The summed E-state index contributed by atoms with van der Waals surface area (Å²) in [4.78, 5) is 7.63. The molecular formula is C66H47N3. The SMILES string of the molecule is C1=CC2C(C=C1C1C=CC3=C(C1)c1ccccc1-c1cccc4c1N3c1ccccc1N4c1cccc(-c3ccccc3)c1)c1ccccc1N2c1cc(-c2ccccc2)cc(-c2ccccc2)c1. The van der Waals surface area contributed by atoms with Crippen LogP contribution in [0.1, 0.15) is 23.5 Å². The van der Waals surface area contributed by atoms with E-state index < -0.39 is 0 Å². The lowest BCUT2D eigenvalue weighted by Gasteiger charge is -2.42. The van der Waals surface area contributed by atoms with Gasteiger partial charge in [-0.3, -0.25) is 0 Å². The fourth-order valence-corrected chi connectivity index (χ4v) is 11.9. The van der Waals surface area contributed by atoms with Gasteiger partial charge in [-0.05, 0) is 128 Å². The van der Waals surface area contributed by atoms with Crippen molar-refractivity contribution >= 4 is 45.4 Å². The van der Waals surface area contributed by atoms with Crippen LogP contribution in [0.15, 0.2) is 266 Å². The van der Waals surface area contributed by atoms with E-state index in [-0.39, 0.29) is 17.9 Å². The lowest BCUT2D eigenvalue weighted by atomic mass is 9.78. The number of benzene rings is 9. The van der Waals surface area contributed by atoms with Crippen LogP contribution in [0.5, 0.6) is 0 Å². The summed E-state index contributed by atoms with van der Waals surface area (Å²) in [6, 6.07) is 82.6. The highest BCUT2D eigenvalue weighted by atomic mass is 15.3. The molecule has 3 atom stereocenters. The second kappa shape index (κ2) is 16.0. The van der Waals surface area contributed by atoms with Gasteiger partial charge in [0.25, 0.3) is 0 Å². The van der Waals surface area contributed by atoms with Gasteiger partial charge in [-0.1, -0.05) is 194 Å². The summed E-state index contributed by atoms with van der Waals surface area (Å²) in [6.45, 7) is 0. The first-order chi connectivity index (χ1) is 34.2. The Bertz CT molecular complexity index is 3560. The number of fused-ring (bicyclic) bond motifs is 9. The molecule has 0 fully saturated rings. The third kappa shape index (κ3) is 6.42. The standard InChI is InChI=1S/C66H47N3/c1-4-18-44(19-5-1)47-24-16-25-52(39-47)67-63-31-14-15-32-64(63)69-62-37-35-48(42-58(62)55-27-11-10-26-54(55)57-29-17-33-65(67)66(57)69)49-34-36-61-59(43-49)56-28-12-13-30-60(56)68(61)53-40-50(45-20-6-2-7-21-45)38-51(41-53)46-22-8-3-9-23-46/h1-41,43,48,59,61H,42H2. The zero-order valence-electron chi connectivity index (χ0n) is 38.0. The van der Waals surface area contributed by atoms with Gasteiger partial charge in [0.05, 0.1) is 28.8 Å². The number of anilines is 7. The fourth-order valence-electron chi connectivity index (χ4n) is 11.9. The van der Waals surface area contributed by atoms with E-state index in [9.17, 15) is 0 Å². The van der Waals surface area contributed by atoms with Gasteiger partial charge < -0.3 is 14.7 Å². The number of allylic oxidation sites excluding steroid dienone is 5. The molecule has 3 heteroatoms. The van der Waals surface area contributed by atoms with Crippen LogP contribution in [0.4, 0.5) is 39.8 Å². The third-order valence-electron chi connectivity index (χ3n) is 15.0. The molecule has 0 saturated heterocycles. The number of hydrogen-bond acceptors (Lipinski definition) is 3. The highest BCUT2D eigenvalue weighted by molar-refractivity contribution is 6.09. The van der Waals surface area contributed by atoms with Crippen LogP contribution < -0.4 is 14.7 Å². The summed E-state index contributed by atoms with van der Waals surface area (Å²) in [7, 11) is 0. The van der Waals surface area contributed by atoms with E-state index in [0.717, 1.165) is 12.1 Å². The van der Waals surface area contributed by atoms with Crippen molar-refractivity contribution in [2.24, 2.45) is 5.92 Å². The first-order valence-electron chi connectivity index (χ1n) is 24.3. The Balaban J connectivity index is 0.855. The predicted molar refractivity (Wildman–Crippen MR) is 288 cm³/mol. The van der Waals surface area contributed by atoms with E-state index in [1.807, 2.05) is 0 Å². The second-order valence-corrected chi connectivity index (χ2v) is 18.8. The highest BCUT2D eigenvalue weighted by Crippen LogP contribution is 2.60. The Morgan fingerprint density at radius 2 is 0.928 bits per heavy atom. The molecule has 2 aliphatic carbocycles. The zero-order valence-corrected chi connectivity index (χ0v) is 38.0. The summed E-state index contributed by atoms with van der Waals surface area (Å²) in [5, 5.41) is 0. The van der Waals surface area contributed by atoms with Crippen molar-refractivity contribution in [3.05, 3.63) is 277 Å². The number of rotatable bonds is 6. The van der Waals surface area contributed by atoms with Crippen molar-refractivity contribution < 1.29 is 0 Å². The Labute approximate surface area is 404 Å². The van der Waals surface area contributed by atoms with E-state index >= 15 is 0 Å². The lowest BCUT2D eigenvalue weighted by molar-refractivity contribution is 0.705. The van der Waals surface area contributed by atoms with Gasteiger partial charge in [-0.25, -0.2) is 0 Å². The van der Waals surface area contributed by atoms with Crippen molar-refractivity contribution in [3.63, 3.8) is 0 Å². The van der Waals surface area contributed by atoms with Crippen LogP contribution in [0.25, 0.3) is 50.1 Å². The normalized spacial score (nSPS) is 18.1. The molecule has 3 unspecified atom stereocenters. The van der Waals surface area contributed by atoms with Crippen LogP contribution in [0.2, 0.25) is 0 Å². The molecule has 5 aliphatic rings. The van der Waals surface area contributed by atoms with E-state index in [1.54, 1.807) is 0 Å². The molecule has 9 aromatic carbocycles. The minimum Gasteiger partial charge on any atom is -0.333 e. The van der Waals surface area contributed by atoms with Crippen LogP contribution >= 0.6 is 0 Å². The van der Waals surface area contributed by atoms with Crippen molar-refractivity contribution in [1.82, 2.24) is 0 Å². The molecule has 0 aromatic heterocycles. The maximum absolute atomic E-state index is 2.59.